The third kappa shape index (κ3) is 4.17. The summed E-state index contributed by atoms with van der Waals surface area (Å²) in [6, 6.07) is 7.54. The molecule has 1 aliphatic rings. The molecule has 0 radical (unpaired) electrons. The Morgan fingerprint density at radius 2 is 2.16 bits per heavy atom. The Morgan fingerprint density at radius 1 is 1.32 bits per heavy atom. The molecular formula is C22H25N5O4. The molecule has 2 aromatic heterocycles. The molecule has 3 N–H and O–H groups in total. The topological polar surface area (TPSA) is 112 Å². The summed E-state index contributed by atoms with van der Waals surface area (Å²) >= 11 is 0. The fourth-order valence-electron chi connectivity index (χ4n) is 3.63. The summed E-state index contributed by atoms with van der Waals surface area (Å²) in [6.45, 7) is 7.97. The predicted molar refractivity (Wildman–Crippen MR) is 119 cm³/mol. The van der Waals surface area contributed by atoms with E-state index < -0.39 is 11.2 Å². The second-order valence-corrected chi connectivity index (χ2v) is 7.46. The zero-order valence-corrected chi connectivity index (χ0v) is 17.5. The number of ether oxygens (including phenoxy) is 1. The zero-order chi connectivity index (χ0) is 22.0. The van der Waals surface area contributed by atoms with Crippen molar-refractivity contribution in [1.29, 1.82) is 0 Å². The van der Waals surface area contributed by atoms with Gasteiger partial charge in [-0.05, 0) is 49.4 Å². The number of nitrogens with zero attached hydrogens (tertiary/aromatic N) is 2. The molecule has 0 fully saturated rings. The highest BCUT2D eigenvalue weighted by Crippen LogP contribution is 2.32. The van der Waals surface area contributed by atoms with E-state index in [1.165, 1.54) is 6.07 Å². The summed E-state index contributed by atoms with van der Waals surface area (Å²) in [4.78, 5) is 31.0. The fourth-order valence-corrected chi connectivity index (χ4v) is 3.63. The van der Waals surface area contributed by atoms with Crippen molar-refractivity contribution in [2.24, 2.45) is 0 Å². The lowest BCUT2D eigenvalue weighted by Gasteiger charge is -2.25. The standard InChI is InChI=1S/C22H25N5O4/c1-4-6-7-13(3)27-17-9-8-14(10-16(17)25-26-27)12-30-22-23-20(29)19-15(5-2)11-18(28)31-21(19)24-22/h4,8-11,13,25-26H,1,5-7,12H2,2-3H3,(H,23,24,29). The van der Waals surface area contributed by atoms with Gasteiger partial charge in [0.25, 0.3) is 11.6 Å². The van der Waals surface area contributed by atoms with Gasteiger partial charge >= 0.3 is 5.63 Å². The van der Waals surface area contributed by atoms with Crippen molar-refractivity contribution in [3.05, 3.63) is 68.8 Å². The molecule has 1 unspecified atom stereocenters. The van der Waals surface area contributed by atoms with Gasteiger partial charge in [0.2, 0.25) is 5.71 Å². The Kier molecular flexibility index (Phi) is 5.77. The molecule has 1 aromatic carbocycles. The van der Waals surface area contributed by atoms with Gasteiger partial charge in [0.15, 0.2) is 0 Å². The number of fused-ring (bicyclic) bond motifs is 2. The van der Waals surface area contributed by atoms with Crippen LogP contribution in [0.4, 0.5) is 11.4 Å². The van der Waals surface area contributed by atoms with Gasteiger partial charge in [0.1, 0.15) is 12.0 Å². The number of hydrazine groups is 2. The first kappa shape index (κ1) is 20.7. The van der Waals surface area contributed by atoms with Crippen LogP contribution in [0.5, 0.6) is 6.01 Å². The SMILES string of the molecule is C=CCCC(C)N1NNc2cc(COc3nc4oc(=O)cc(CC)c4c(=O)[nH]3)ccc21. The van der Waals surface area contributed by atoms with Gasteiger partial charge in [-0.1, -0.05) is 19.1 Å². The van der Waals surface area contributed by atoms with Crippen molar-refractivity contribution in [2.45, 2.75) is 45.8 Å². The van der Waals surface area contributed by atoms with Crippen molar-refractivity contribution in [3.8, 4) is 6.01 Å². The zero-order valence-electron chi connectivity index (χ0n) is 17.5. The Morgan fingerprint density at radius 3 is 2.94 bits per heavy atom. The van der Waals surface area contributed by atoms with E-state index in [1.54, 1.807) is 0 Å². The number of aromatic nitrogens is 2. The lowest BCUT2D eigenvalue weighted by molar-refractivity contribution is 0.279. The first-order valence-corrected chi connectivity index (χ1v) is 10.2. The van der Waals surface area contributed by atoms with Crippen LogP contribution in [0.3, 0.4) is 0 Å². The van der Waals surface area contributed by atoms with E-state index >= 15 is 0 Å². The van der Waals surface area contributed by atoms with Crippen LogP contribution in [-0.4, -0.2) is 16.0 Å². The summed E-state index contributed by atoms with van der Waals surface area (Å²) in [5, 5.41) is 2.35. The van der Waals surface area contributed by atoms with Gasteiger partial charge in [0.05, 0.1) is 11.4 Å². The second-order valence-electron chi connectivity index (χ2n) is 7.46. The van der Waals surface area contributed by atoms with Gasteiger partial charge < -0.3 is 14.6 Å². The van der Waals surface area contributed by atoms with Crippen LogP contribution in [0.15, 0.2) is 50.9 Å². The molecule has 0 amide bonds. The molecule has 31 heavy (non-hydrogen) atoms. The quantitative estimate of drug-likeness (QED) is 0.474. The molecule has 0 spiro atoms. The van der Waals surface area contributed by atoms with Crippen LogP contribution in [-0.2, 0) is 13.0 Å². The average Bonchev–Trinajstić information content (AvgIpc) is 3.18. The van der Waals surface area contributed by atoms with Gasteiger partial charge in [0, 0.05) is 12.1 Å². The number of aryl methyl sites for hydroxylation is 1. The largest absolute Gasteiger partial charge is 0.460 e. The van der Waals surface area contributed by atoms with Crippen LogP contribution >= 0.6 is 0 Å². The molecular weight excluding hydrogens is 398 g/mol. The monoisotopic (exact) mass is 423 g/mol. The van der Waals surface area contributed by atoms with E-state index in [4.69, 9.17) is 9.15 Å². The minimum Gasteiger partial charge on any atom is -0.460 e. The molecule has 9 nitrogen and oxygen atoms in total. The molecule has 3 aromatic rings. The normalized spacial score (nSPS) is 13.7. The Balaban J connectivity index is 1.51. The first-order chi connectivity index (χ1) is 15.0. The maximum atomic E-state index is 12.5. The minimum atomic E-state index is -0.544. The lowest BCUT2D eigenvalue weighted by atomic mass is 10.1. The number of H-pyrrole nitrogens is 1. The van der Waals surface area contributed by atoms with Crippen LogP contribution in [0.25, 0.3) is 11.1 Å². The van der Waals surface area contributed by atoms with Crippen LogP contribution < -0.4 is 31.9 Å². The highest BCUT2D eigenvalue weighted by molar-refractivity contribution is 5.76. The molecule has 3 heterocycles. The summed E-state index contributed by atoms with van der Waals surface area (Å²) in [7, 11) is 0. The van der Waals surface area contributed by atoms with E-state index in [0.717, 1.165) is 29.8 Å². The van der Waals surface area contributed by atoms with Crippen molar-refractivity contribution >= 4 is 22.5 Å². The van der Waals surface area contributed by atoms with E-state index in [9.17, 15) is 9.59 Å². The highest BCUT2D eigenvalue weighted by atomic mass is 16.5. The molecule has 1 atom stereocenters. The van der Waals surface area contributed by atoms with E-state index in [0.29, 0.717) is 18.0 Å². The van der Waals surface area contributed by atoms with Crippen molar-refractivity contribution in [1.82, 2.24) is 15.5 Å². The van der Waals surface area contributed by atoms with Crippen molar-refractivity contribution in [3.63, 3.8) is 0 Å². The van der Waals surface area contributed by atoms with Gasteiger partial charge in [-0.3, -0.25) is 14.8 Å². The molecule has 4 rings (SSSR count). The van der Waals surface area contributed by atoms with Crippen LogP contribution in [0.2, 0.25) is 0 Å². The number of aromatic amines is 1. The Hall–Kier alpha value is -3.59. The molecule has 0 saturated heterocycles. The molecule has 9 heteroatoms. The maximum Gasteiger partial charge on any atom is 0.337 e. The van der Waals surface area contributed by atoms with Crippen molar-refractivity contribution < 1.29 is 9.15 Å². The number of hydrogen-bond acceptors (Lipinski definition) is 8. The summed E-state index contributed by atoms with van der Waals surface area (Å²) in [5.74, 6) is 0. The van der Waals surface area contributed by atoms with Crippen LogP contribution in [0.1, 0.15) is 37.8 Å². The number of allylic oxidation sites excluding steroid dienone is 1. The van der Waals surface area contributed by atoms with E-state index in [1.807, 2.05) is 31.2 Å². The minimum absolute atomic E-state index is 0.000148. The van der Waals surface area contributed by atoms with Crippen molar-refractivity contribution in [2.75, 3.05) is 10.4 Å². The smallest absolute Gasteiger partial charge is 0.337 e. The first-order valence-electron chi connectivity index (χ1n) is 10.2. The fraction of sp³-hybridized carbons (Fsp3) is 0.318. The summed E-state index contributed by atoms with van der Waals surface area (Å²) in [5.41, 5.74) is 8.85. The lowest BCUT2D eigenvalue weighted by Crippen LogP contribution is -2.42. The van der Waals surface area contributed by atoms with E-state index in [-0.39, 0.29) is 23.7 Å². The number of anilines is 2. The molecule has 0 saturated carbocycles. The third-order valence-corrected chi connectivity index (χ3v) is 5.29. The summed E-state index contributed by atoms with van der Waals surface area (Å²) in [6.07, 6.45) is 4.37. The Bertz CT molecular complexity index is 1230. The third-order valence-electron chi connectivity index (χ3n) is 5.29. The summed E-state index contributed by atoms with van der Waals surface area (Å²) < 4.78 is 10.8. The highest BCUT2D eigenvalue weighted by Gasteiger charge is 2.23. The van der Waals surface area contributed by atoms with E-state index in [2.05, 4.69) is 39.4 Å². The Labute approximate surface area is 178 Å². The average molecular weight is 423 g/mol. The van der Waals surface area contributed by atoms with Gasteiger partial charge in [-0.2, -0.15) is 4.98 Å². The molecule has 1 aliphatic heterocycles. The number of hydrogen-bond donors (Lipinski definition) is 3. The van der Waals surface area contributed by atoms with Gasteiger partial charge in [-0.15, -0.1) is 12.1 Å². The van der Waals surface area contributed by atoms with Gasteiger partial charge in [-0.25, -0.2) is 4.79 Å². The molecule has 162 valence electrons. The number of nitrogens with one attached hydrogen (secondary N) is 3. The second kappa shape index (κ2) is 8.65. The predicted octanol–water partition coefficient (Wildman–Crippen LogP) is 3.02. The number of rotatable bonds is 8. The number of benzene rings is 1. The molecule has 0 bridgehead atoms. The van der Waals surface area contributed by atoms with Crippen LogP contribution in [0, 0.1) is 0 Å². The maximum absolute atomic E-state index is 12.5. The molecule has 0 aliphatic carbocycles.